The first kappa shape index (κ1) is 16.6. The van der Waals surface area contributed by atoms with Crippen LogP contribution >= 0.6 is 23.2 Å². The van der Waals surface area contributed by atoms with Crippen LogP contribution in [0.4, 0.5) is 4.39 Å². The predicted molar refractivity (Wildman–Crippen MR) is 80.9 cm³/mol. The number of alkyl halides is 1. The van der Waals surface area contributed by atoms with E-state index >= 15 is 0 Å². The van der Waals surface area contributed by atoms with Crippen molar-refractivity contribution in [2.45, 2.75) is 13.8 Å². The smallest absolute Gasteiger partial charge is 0.242 e. The molecule has 1 aromatic rings. The number of nitrogens with zero attached hydrogens (tertiary/aromatic N) is 1. The summed E-state index contributed by atoms with van der Waals surface area (Å²) in [5, 5.41) is 0.214. The zero-order chi connectivity index (χ0) is 15.3. The molecule has 1 aromatic carbocycles. The Bertz CT molecular complexity index is 566. The fraction of sp³-hybridized carbons (Fsp3) is 0.267. The second-order valence-electron chi connectivity index (χ2n) is 4.26. The Morgan fingerprint density at radius 2 is 2.10 bits per heavy atom. The minimum atomic E-state index is -0.516. The summed E-state index contributed by atoms with van der Waals surface area (Å²) in [5.74, 6) is 1.21. The first-order valence-electron chi connectivity index (χ1n) is 5.85. The van der Waals surface area contributed by atoms with Crippen molar-refractivity contribution >= 4 is 34.8 Å². The summed E-state index contributed by atoms with van der Waals surface area (Å²) in [7, 11) is 0. The number of carbonyl (C=O) groups is 1. The third-order valence-corrected chi connectivity index (χ3v) is 3.15. The lowest BCUT2D eigenvalue weighted by molar-refractivity contribution is -0.124. The molecule has 106 valence electrons. The summed E-state index contributed by atoms with van der Waals surface area (Å²) in [6.07, 6.45) is 5.28. The van der Waals surface area contributed by atoms with Crippen LogP contribution in [0, 0.1) is 18.2 Å². The molecule has 0 saturated carbocycles. The molecule has 0 aliphatic rings. The molecule has 0 aliphatic heterocycles. The molecule has 20 heavy (non-hydrogen) atoms. The monoisotopic (exact) mass is 313 g/mol. The summed E-state index contributed by atoms with van der Waals surface area (Å²) in [6, 6.07) is 4.34. The van der Waals surface area contributed by atoms with E-state index in [4.69, 9.17) is 29.6 Å². The van der Waals surface area contributed by atoms with Crippen LogP contribution in [0.1, 0.15) is 19.4 Å². The highest BCUT2D eigenvalue weighted by Crippen LogP contribution is 2.31. The average molecular weight is 314 g/mol. The summed E-state index contributed by atoms with van der Waals surface area (Å²) in [6.45, 7) is 3.50. The highest BCUT2D eigenvalue weighted by atomic mass is 35.5. The van der Waals surface area contributed by atoms with Crippen LogP contribution in [-0.2, 0) is 4.79 Å². The van der Waals surface area contributed by atoms with Gasteiger partial charge < -0.3 is 0 Å². The van der Waals surface area contributed by atoms with Crippen LogP contribution in [0.15, 0.2) is 23.8 Å². The molecule has 0 bridgehead atoms. The fourth-order valence-corrected chi connectivity index (χ4v) is 2.23. The third-order valence-electron chi connectivity index (χ3n) is 2.61. The van der Waals surface area contributed by atoms with E-state index < -0.39 is 11.7 Å². The number of carbonyl (C=O) groups excluding carboxylic acids is 1. The van der Waals surface area contributed by atoms with Crippen LogP contribution in [0.25, 0.3) is 5.70 Å². The van der Waals surface area contributed by atoms with Gasteiger partial charge in [-0.2, -0.15) is 0 Å². The summed E-state index contributed by atoms with van der Waals surface area (Å²) < 4.78 is 14.1. The lowest BCUT2D eigenvalue weighted by Crippen LogP contribution is -2.32. The minimum Gasteiger partial charge on any atom is -0.299 e. The number of terminal acetylenes is 1. The number of amides is 1. The highest BCUT2D eigenvalue weighted by molar-refractivity contribution is 6.32. The van der Waals surface area contributed by atoms with Crippen molar-refractivity contribution in [1.82, 2.24) is 4.90 Å². The summed E-state index contributed by atoms with van der Waals surface area (Å²) in [4.78, 5) is 13.2. The van der Waals surface area contributed by atoms with Gasteiger partial charge in [0.15, 0.2) is 0 Å². The molecule has 0 aliphatic carbocycles. The van der Waals surface area contributed by atoms with Crippen LogP contribution in [0.2, 0.25) is 5.02 Å². The summed E-state index contributed by atoms with van der Waals surface area (Å²) >= 11 is 11.7. The van der Waals surface area contributed by atoms with Gasteiger partial charge in [-0.15, -0.1) is 18.0 Å². The molecule has 0 N–H and O–H groups in total. The van der Waals surface area contributed by atoms with E-state index in [0.717, 1.165) is 0 Å². The van der Waals surface area contributed by atoms with Gasteiger partial charge in [-0.25, -0.2) is 4.39 Å². The Morgan fingerprint density at radius 3 is 2.55 bits per heavy atom. The van der Waals surface area contributed by atoms with Crippen LogP contribution in [0.5, 0.6) is 0 Å². The maximum atomic E-state index is 14.1. The Morgan fingerprint density at radius 1 is 1.45 bits per heavy atom. The van der Waals surface area contributed by atoms with Gasteiger partial charge in [-0.1, -0.05) is 29.2 Å². The van der Waals surface area contributed by atoms with E-state index in [1.54, 1.807) is 19.9 Å². The summed E-state index contributed by atoms with van der Waals surface area (Å²) in [5.41, 5.74) is 1.23. The van der Waals surface area contributed by atoms with Gasteiger partial charge >= 0.3 is 0 Å². The van der Waals surface area contributed by atoms with E-state index in [1.165, 1.54) is 17.0 Å². The topological polar surface area (TPSA) is 20.3 Å². The molecule has 1 amide bonds. The number of halogens is 3. The minimum absolute atomic E-state index is 0.00324. The molecule has 1 rings (SSSR count). The molecule has 0 spiro atoms. The highest BCUT2D eigenvalue weighted by Gasteiger charge is 2.23. The van der Waals surface area contributed by atoms with E-state index in [-0.39, 0.29) is 23.0 Å². The molecule has 0 radical (unpaired) electrons. The molecule has 2 nitrogen and oxygen atoms in total. The molecule has 5 heteroatoms. The number of hydrogen-bond acceptors (Lipinski definition) is 1. The average Bonchev–Trinajstić information content (AvgIpc) is 2.40. The largest absolute Gasteiger partial charge is 0.299 e. The SMILES string of the molecule is C#CCN(C(=O)CCl)C(=C(C)C)c1c(F)cccc1Cl. The van der Waals surface area contributed by atoms with Crippen molar-refractivity contribution in [1.29, 1.82) is 0 Å². The van der Waals surface area contributed by atoms with Gasteiger partial charge in [-0.05, 0) is 26.0 Å². The second kappa shape index (κ2) is 7.33. The third kappa shape index (κ3) is 3.53. The molecule has 0 fully saturated rings. The van der Waals surface area contributed by atoms with E-state index in [0.29, 0.717) is 11.3 Å². The Kier molecular flexibility index (Phi) is 6.06. The Balaban J connectivity index is 3.50. The predicted octanol–water partition coefficient (Wildman–Crippen LogP) is 3.93. The van der Waals surface area contributed by atoms with E-state index in [9.17, 15) is 9.18 Å². The number of hydrogen-bond donors (Lipinski definition) is 0. The Hall–Kier alpha value is -1.50. The molecular weight excluding hydrogens is 300 g/mol. The van der Waals surface area contributed by atoms with Crippen LogP contribution in [0.3, 0.4) is 0 Å². The van der Waals surface area contributed by atoms with Crippen LogP contribution in [-0.4, -0.2) is 23.2 Å². The standard InChI is InChI=1S/C15H14Cl2FNO/c1-4-8-19(13(20)9-16)15(10(2)3)14-11(17)6-5-7-12(14)18/h1,5-7H,8-9H2,2-3H3. The zero-order valence-electron chi connectivity index (χ0n) is 11.2. The number of benzene rings is 1. The van der Waals surface area contributed by atoms with Crippen molar-refractivity contribution in [3.63, 3.8) is 0 Å². The van der Waals surface area contributed by atoms with Crippen molar-refractivity contribution < 1.29 is 9.18 Å². The number of allylic oxidation sites excluding steroid dienone is 1. The molecule has 0 unspecified atom stereocenters. The van der Waals surface area contributed by atoms with Crippen LogP contribution < -0.4 is 0 Å². The van der Waals surface area contributed by atoms with Crippen molar-refractivity contribution in [2.24, 2.45) is 0 Å². The van der Waals surface area contributed by atoms with Gasteiger partial charge in [0, 0.05) is 0 Å². The molecular formula is C15H14Cl2FNO. The van der Waals surface area contributed by atoms with E-state index in [1.807, 2.05) is 0 Å². The van der Waals surface area contributed by atoms with E-state index in [2.05, 4.69) is 5.92 Å². The van der Waals surface area contributed by atoms with Gasteiger partial charge in [0.05, 0.1) is 22.8 Å². The zero-order valence-corrected chi connectivity index (χ0v) is 12.7. The first-order valence-corrected chi connectivity index (χ1v) is 6.77. The second-order valence-corrected chi connectivity index (χ2v) is 4.94. The maximum absolute atomic E-state index is 14.1. The Labute approximate surface area is 128 Å². The number of rotatable bonds is 4. The lowest BCUT2D eigenvalue weighted by Gasteiger charge is -2.25. The van der Waals surface area contributed by atoms with Crippen molar-refractivity contribution in [3.8, 4) is 12.3 Å². The quantitative estimate of drug-likeness (QED) is 0.609. The van der Waals surface area contributed by atoms with Gasteiger partial charge in [0.2, 0.25) is 5.91 Å². The maximum Gasteiger partial charge on any atom is 0.242 e. The van der Waals surface area contributed by atoms with Gasteiger partial charge in [-0.3, -0.25) is 9.69 Å². The first-order chi connectivity index (χ1) is 9.43. The van der Waals surface area contributed by atoms with Crippen molar-refractivity contribution in [3.05, 3.63) is 40.2 Å². The molecule has 0 atom stereocenters. The molecule has 0 saturated heterocycles. The fourth-order valence-electron chi connectivity index (χ4n) is 1.83. The van der Waals surface area contributed by atoms with Gasteiger partial charge in [0.1, 0.15) is 11.7 Å². The van der Waals surface area contributed by atoms with Gasteiger partial charge in [0.25, 0.3) is 0 Å². The normalized spacial score (nSPS) is 9.80. The lowest BCUT2D eigenvalue weighted by atomic mass is 10.1. The molecule has 0 heterocycles. The molecule has 0 aromatic heterocycles. The van der Waals surface area contributed by atoms with Crippen molar-refractivity contribution in [2.75, 3.05) is 12.4 Å².